The summed E-state index contributed by atoms with van der Waals surface area (Å²) in [5.74, 6) is 1.42. The summed E-state index contributed by atoms with van der Waals surface area (Å²) in [6.07, 6.45) is 15.9. The van der Waals surface area contributed by atoms with Gasteiger partial charge in [-0.3, -0.25) is 4.84 Å². The normalized spacial score (nSPS) is 29.2. The molecule has 2 nitrogen and oxygen atoms in total. The van der Waals surface area contributed by atoms with E-state index >= 15 is 0 Å². The lowest BCUT2D eigenvalue weighted by Crippen LogP contribution is -2.36. The van der Waals surface area contributed by atoms with Gasteiger partial charge in [-0.2, -0.15) is 0 Å². The van der Waals surface area contributed by atoms with E-state index in [1.54, 1.807) is 0 Å². The fourth-order valence-corrected chi connectivity index (χ4v) is 3.24. The zero-order chi connectivity index (χ0) is 11.2. The molecule has 1 N–H and O–H groups in total. The molecular weight excluding hydrogens is 198 g/mol. The van der Waals surface area contributed by atoms with Crippen LogP contribution in [0.2, 0.25) is 0 Å². The fourth-order valence-electron chi connectivity index (χ4n) is 3.24. The molecule has 2 aliphatic carbocycles. The molecule has 0 heterocycles. The Bertz CT molecular complexity index is 221. The quantitative estimate of drug-likeness (QED) is 0.582. The summed E-state index contributed by atoms with van der Waals surface area (Å²) in [4.78, 5) is 5.82. The Morgan fingerprint density at radius 1 is 1.12 bits per heavy atom. The molecule has 1 saturated carbocycles. The van der Waals surface area contributed by atoms with Gasteiger partial charge in [0.25, 0.3) is 0 Å². The second kappa shape index (κ2) is 6.41. The molecule has 0 aromatic rings. The van der Waals surface area contributed by atoms with Crippen LogP contribution in [0.1, 0.15) is 51.4 Å². The van der Waals surface area contributed by atoms with Gasteiger partial charge in [0, 0.05) is 13.0 Å². The number of hydrogen-bond acceptors (Lipinski definition) is 2. The van der Waals surface area contributed by atoms with Gasteiger partial charge < -0.3 is 0 Å². The Balaban J connectivity index is 1.96. The molecule has 0 aliphatic heterocycles. The minimum atomic E-state index is 0.404. The van der Waals surface area contributed by atoms with E-state index in [1.165, 1.54) is 51.4 Å². The molecule has 16 heavy (non-hydrogen) atoms. The van der Waals surface area contributed by atoms with E-state index < -0.39 is 0 Å². The SMILES string of the molecule is CNOC(C1C=CCCC1)C1CCCCC1. The van der Waals surface area contributed by atoms with Crippen LogP contribution in [-0.4, -0.2) is 13.2 Å². The molecule has 2 aliphatic rings. The lowest BCUT2D eigenvalue weighted by Gasteiger charge is -2.35. The highest BCUT2D eigenvalue weighted by molar-refractivity contribution is 4.98. The van der Waals surface area contributed by atoms with E-state index in [9.17, 15) is 0 Å². The topological polar surface area (TPSA) is 21.3 Å². The molecule has 2 rings (SSSR count). The Kier molecular flexibility index (Phi) is 4.86. The molecule has 2 atom stereocenters. The zero-order valence-electron chi connectivity index (χ0n) is 10.5. The zero-order valence-corrected chi connectivity index (χ0v) is 10.5. The van der Waals surface area contributed by atoms with Crippen molar-refractivity contribution in [3.63, 3.8) is 0 Å². The molecule has 0 amide bonds. The average Bonchev–Trinajstić information content (AvgIpc) is 2.38. The van der Waals surface area contributed by atoms with Gasteiger partial charge in [0.15, 0.2) is 0 Å². The van der Waals surface area contributed by atoms with Crippen LogP contribution in [0.25, 0.3) is 0 Å². The van der Waals surface area contributed by atoms with Gasteiger partial charge in [-0.1, -0.05) is 31.4 Å². The highest BCUT2D eigenvalue weighted by Gasteiger charge is 2.30. The van der Waals surface area contributed by atoms with Gasteiger partial charge in [0.05, 0.1) is 6.10 Å². The minimum Gasteiger partial charge on any atom is -0.298 e. The first-order valence-corrected chi connectivity index (χ1v) is 6.91. The predicted octanol–water partition coefficient (Wildman–Crippen LogP) is 3.44. The maximum absolute atomic E-state index is 5.82. The number of hydrogen-bond donors (Lipinski definition) is 1. The first-order chi connectivity index (χ1) is 7.92. The third-order valence-corrected chi connectivity index (χ3v) is 4.08. The molecule has 0 aromatic carbocycles. The Morgan fingerprint density at radius 3 is 2.56 bits per heavy atom. The van der Waals surface area contributed by atoms with E-state index in [0.29, 0.717) is 12.0 Å². The third kappa shape index (κ3) is 3.08. The van der Waals surface area contributed by atoms with Gasteiger partial charge in [0.1, 0.15) is 0 Å². The van der Waals surface area contributed by atoms with Crippen LogP contribution in [0, 0.1) is 11.8 Å². The second-order valence-corrected chi connectivity index (χ2v) is 5.21. The summed E-state index contributed by atoms with van der Waals surface area (Å²) in [5.41, 5.74) is 2.93. The van der Waals surface area contributed by atoms with Crippen molar-refractivity contribution in [3.8, 4) is 0 Å². The van der Waals surface area contributed by atoms with Gasteiger partial charge in [-0.25, -0.2) is 5.48 Å². The van der Waals surface area contributed by atoms with Crippen LogP contribution < -0.4 is 5.48 Å². The molecule has 0 aromatic heterocycles. The summed E-state index contributed by atoms with van der Waals surface area (Å²) >= 11 is 0. The summed E-state index contributed by atoms with van der Waals surface area (Å²) in [6, 6.07) is 0. The van der Waals surface area contributed by atoms with Gasteiger partial charge >= 0.3 is 0 Å². The van der Waals surface area contributed by atoms with Crippen molar-refractivity contribution in [1.82, 2.24) is 5.48 Å². The molecule has 1 fully saturated rings. The van der Waals surface area contributed by atoms with Gasteiger partial charge in [-0.05, 0) is 38.0 Å². The fraction of sp³-hybridized carbons (Fsp3) is 0.857. The lowest BCUT2D eigenvalue weighted by atomic mass is 9.77. The average molecular weight is 223 g/mol. The van der Waals surface area contributed by atoms with Crippen molar-refractivity contribution < 1.29 is 4.84 Å². The van der Waals surface area contributed by atoms with Crippen LogP contribution in [0.4, 0.5) is 0 Å². The van der Waals surface area contributed by atoms with E-state index in [2.05, 4.69) is 17.6 Å². The van der Waals surface area contributed by atoms with Crippen LogP contribution in [-0.2, 0) is 4.84 Å². The van der Waals surface area contributed by atoms with E-state index in [1.807, 2.05) is 7.05 Å². The standard InChI is InChI=1S/C14H25NO/c1-15-16-14(12-8-4-2-5-9-12)13-10-6-3-7-11-13/h4,8,12-15H,2-3,5-7,9-11H2,1H3. The smallest absolute Gasteiger partial charge is 0.0880 e. The molecule has 0 spiro atoms. The predicted molar refractivity (Wildman–Crippen MR) is 67.0 cm³/mol. The van der Waals surface area contributed by atoms with Crippen LogP contribution in [0.15, 0.2) is 12.2 Å². The molecule has 0 radical (unpaired) electrons. The number of nitrogens with one attached hydrogen (secondary N) is 1. The van der Waals surface area contributed by atoms with Crippen molar-refractivity contribution >= 4 is 0 Å². The van der Waals surface area contributed by atoms with Crippen LogP contribution in [0.3, 0.4) is 0 Å². The summed E-state index contributed by atoms with van der Waals surface area (Å²) < 4.78 is 0. The molecule has 0 bridgehead atoms. The Morgan fingerprint density at radius 2 is 1.94 bits per heavy atom. The highest BCUT2D eigenvalue weighted by atomic mass is 16.7. The van der Waals surface area contributed by atoms with Crippen LogP contribution in [0.5, 0.6) is 0 Å². The first-order valence-electron chi connectivity index (χ1n) is 6.91. The second-order valence-electron chi connectivity index (χ2n) is 5.21. The Hall–Kier alpha value is -0.340. The van der Waals surface area contributed by atoms with Crippen molar-refractivity contribution in [3.05, 3.63) is 12.2 Å². The first kappa shape index (κ1) is 12.1. The Labute approximate surface area is 99.4 Å². The number of hydroxylamine groups is 1. The van der Waals surface area contributed by atoms with E-state index in [-0.39, 0.29) is 0 Å². The number of rotatable bonds is 4. The minimum absolute atomic E-state index is 0.404. The van der Waals surface area contributed by atoms with E-state index in [0.717, 1.165) is 5.92 Å². The maximum Gasteiger partial charge on any atom is 0.0880 e. The maximum atomic E-state index is 5.82. The van der Waals surface area contributed by atoms with Gasteiger partial charge in [0.2, 0.25) is 0 Å². The number of allylic oxidation sites excluding steroid dienone is 1. The van der Waals surface area contributed by atoms with Crippen molar-refractivity contribution in [2.24, 2.45) is 11.8 Å². The molecule has 2 unspecified atom stereocenters. The summed E-state index contributed by atoms with van der Waals surface area (Å²) in [6.45, 7) is 0. The van der Waals surface area contributed by atoms with Crippen LogP contribution >= 0.6 is 0 Å². The van der Waals surface area contributed by atoms with E-state index in [4.69, 9.17) is 4.84 Å². The third-order valence-electron chi connectivity index (χ3n) is 4.08. The van der Waals surface area contributed by atoms with Crippen molar-refractivity contribution in [1.29, 1.82) is 0 Å². The molecule has 2 heteroatoms. The van der Waals surface area contributed by atoms with Crippen molar-refractivity contribution in [2.45, 2.75) is 57.5 Å². The molecular formula is C14H25NO. The summed E-state index contributed by atoms with van der Waals surface area (Å²) in [7, 11) is 1.89. The highest BCUT2D eigenvalue weighted by Crippen LogP contribution is 2.34. The van der Waals surface area contributed by atoms with Crippen molar-refractivity contribution in [2.75, 3.05) is 7.05 Å². The molecule has 92 valence electrons. The molecule has 0 saturated heterocycles. The van der Waals surface area contributed by atoms with Gasteiger partial charge in [-0.15, -0.1) is 0 Å². The lowest BCUT2D eigenvalue weighted by molar-refractivity contribution is -0.0761. The largest absolute Gasteiger partial charge is 0.298 e. The monoisotopic (exact) mass is 223 g/mol. The summed E-state index contributed by atoms with van der Waals surface area (Å²) in [5, 5.41) is 0.